The van der Waals surface area contributed by atoms with Gasteiger partial charge >= 0.3 is 0 Å². The maximum Gasteiger partial charge on any atom is 0.227 e. The second kappa shape index (κ2) is 8.60. The molecule has 0 spiro atoms. The fourth-order valence-corrected chi connectivity index (χ4v) is 3.43. The molecule has 158 valence electrons. The lowest BCUT2D eigenvalue weighted by Crippen LogP contribution is -2.35. The number of nitrogens with zero attached hydrogens (tertiary/aromatic N) is 1. The summed E-state index contributed by atoms with van der Waals surface area (Å²) in [6, 6.07) is 8.22. The first-order valence-electron chi connectivity index (χ1n) is 9.91. The van der Waals surface area contributed by atoms with Gasteiger partial charge in [0.15, 0.2) is 17.1 Å². The standard InChI is InChI=1S/C22H24FN2O4P/c1-12(24-13(2)26)10-27-19-9-20-17(8-16(19)23)25-22(29-20)15-5-6-18(21(30)7-15)28-11-14-3-4-14/h5-9,12,14H,3-4,10-11,30H2,1-2H3,(H,24,26)/t12-/m0/s1. The van der Waals surface area contributed by atoms with Crippen molar-refractivity contribution in [2.75, 3.05) is 13.2 Å². The van der Waals surface area contributed by atoms with E-state index in [1.165, 1.54) is 31.9 Å². The second-order valence-corrected chi connectivity index (χ2v) is 8.31. The minimum Gasteiger partial charge on any atom is -0.493 e. The zero-order valence-corrected chi connectivity index (χ0v) is 18.1. The number of amides is 1. The first-order valence-corrected chi connectivity index (χ1v) is 10.5. The lowest BCUT2D eigenvalue weighted by molar-refractivity contribution is -0.119. The van der Waals surface area contributed by atoms with Crippen molar-refractivity contribution in [3.63, 3.8) is 0 Å². The van der Waals surface area contributed by atoms with Crippen molar-refractivity contribution < 1.29 is 23.1 Å². The summed E-state index contributed by atoms with van der Waals surface area (Å²) in [5.74, 6) is 1.25. The highest BCUT2D eigenvalue weighted by atomic mass is 31.0. The van der Waals surface area contributed by atoms with Gasteiger partial charge in [0.1, 0.15) is 17.9 Å². The Bertz CT molecular complexity index is 1080. The van der Waals surface area contributed by atoms with Crippen LogP contribution in [0.25, 0.3) is 22.6 Å². The van der Waals surface area contributed by atoms with Crippen LogP contribution in [0.1, 0.15) is 26.7 Å². The van der Waals surface area contributed by atoms with E-state index in [4.69, 9.17) is 13.9 Å². The maximum absolute atomic E-state index is 14.4. The minimum atomic E-state index is -0.534. The molecule has 2 atom stereocenters. The summed E-state index contributed by atoms with van der Waals surface area (Å²) in [7, 11) is 2.67. The number of fused-ring (bicyclic) bond motifs is 1. The Morgan fingerprint density at radius 1 is 1.30 bits per heavy atom. The van der Waals surface area contributed by atoms with Crippen LogP contribution in [0.2, 0.25) is 0 Å². The first kappa shape index (κ1) is 20.6. The molecule has 3 aromatic rings. The molecule has 6 nitrogen and oxygen atoms in total. The highest BCUT2D eigenvalue weighted by Crippen LogP contribution is 2.32. The molecule has 30 heavy (non-hydrogen) atoms. The van der Waals surface area contributed by atoms with Gasteiger partial charge in [0.05, 0.1) is 12.6 Å². The Morgan fingerprint density at radius 2 is 2.10 bits per heavy atom. The van der Waals surface area contributed by atoms with Crippen LogP contribution < -0.4 is 20.1 Å². The summed E-state index contributed by atoms with van der Waals surface area (Å²) in [6.07, 6.45) is 2.48. The molecule has 1 aromatic heterocycles. The Morgan fingerprint density at radius 3 is 2.80 bits per heavy atom. The molecule has 8 heteroatoms. The molecule has 0 saturated heterocycles. The van der Waals surface area contributed by atoms with Crippen molar-refractivity contribution in [2.24, 2.45) is 5.92 Å². The van der Waals surface area contributed by atoms with Crippen LogP contribution >= 0.6 is 9.24 Å². The van der Waals surface area contributed by atoms with Crippen molar-refractivity contribution in [1.29, 1.82) is 0 Å². The Labute approximate surface area is 176 Å². The van der Waals surface area contributed by atoms with E-state index in [9.17, 15) is 9.18 Å². The lowest BCUT2D eigenvalue weighted by Gasteiger charge is -2.14. The molecule has 2 aromatic carbocycles. The van der Waals surface area contributed by atoms with Gasteiger partial charge in [-0.25, -0.2) is 9.37 Å². The molecule has 0 aliphatic heterocycles. The van der Waals surface area contributed by atoms with E-state index < -0.39 is 5.82 Å². The van der Waals surface area contributed by atoms with E-state index in [1.54, 1.807) is 6.92 Å². The fourth-order valence-electron chi connectivity index (χ4n) is 3.07. The third-order valence-electron chi connectivity index (χ3n) is 4.81. The monoisotopic (exact) mass is 430 g/mol. The molecule has 1 amide bonds. The van der Waals surface area contributed by atoms with Crippen LogP contribution in [0.5, 0.6) is 11.5 Å². The van der Waals surface area contributed by atoms with Gasteiger partial charge in [-0.05, 0) is 43.9 Å². The number of hydrogen-bond acceptors (Lipinski definition) is 5. The van der Waals surface area contributed by atoms with E-state index in [0.29, 0.717) is 22.9 Å². The third-order valence-corrected chi connectivity index (χ3v) is 5.26. The topological polar surface area (TPSA) is 73.6 Å². The largest absolute Gasteiger partial charge is 0.493 e. The van der Waals surface area contributed by atoms with Crippen molar-refractivity contribution in [1.82, 2.24) is 10.3 Å². The van der Waals surface area contributed by atoms with Gasteiger partial charge in [0.25, 0.3) is 0 Å². The molecule has 1 fully saturated rings. The molecule has 1 aliphatic carbocycles. The van der Waals surface area contributed by atoms with Crippen LogP contribution in [0.4, 0.5) is 4.39 Å². The molecule has 1 aliphatic rings. The molecule has 1 N–H and O–H groups in total. The number of carbonyl (C=O) groups excluding carboxylic acids is 1. The number of halogens is 1. The average Bonchev–Trinajstić information content (AvgIpc) is 3.43. The first-order chi connectivity index (χ1) is 14.4. The molecule has 4 rings (SSSR count). The number of nitrogens with one attached hydrogen (secondary N) is 1. The molecular weight excluding hydrogens is 406 g/mol. The summed E-state index contributed by atoms with van der Waals surface area (Å²) < 4.78 is 31.6. The van der Waals surface area contributed by atoms with Crippen LogP contribution in [-0.2, 0) is 4.79 Å². The van der Waals surface area contributed by atoms with E-state index in [-0.39, 0.29) is 24.3 Å². The Balaban J connectivity index is 1.51. The lowest BCUT2D eigenvalue weighted by atomic mass is 10.2. The number of aromatic nitrogens is 1. The van der Waals surface area contributed by atoms with E-state index in [2.05, 4.69) is 19.5 Å². The zero-order valence-electron chi connectivity index (χ0n) is 16.9. The predicted molar refractivity (Wildman–Crippen MR) is 116 cm³/mol. The number of benzene rings is 2. The molecular formula is C22H24FN2O4P. The minimum absolute atomic E-state index is 0.0537. The van der Waals surface area contributed by atoms with Crippen LogP contribution in [0.15, 0.2) is 34.7 Å². The zero-order chi connectivity index (χ0) is 21.3. The summed E-state index contributed by atoms with van der Waals surface area (Å²) in [5, 5.41) is 3.60. The van der Waals surface area contributed by atoms with Crippen molar-refractivity contribution >= 4 is 31.6 Å². The molecule has 1 unspecified atom stereocenters. The van der Waals surface area contributed by atoms with Gasteiger partial charge < -0.3 is 19.2 Å². The Kier molecular flexibility index (Phi) is 5.91. The quantitative estimate of drug-likeness (QED) is 0.550. The van der Waals surface area contributed by atoms with E-state index in [1.807, 2.05) is 18.2 Å². The summed E-state index contributed by atoms with van der Waals surface area (Å²) in [4.78, 5) is 15.5. The third kappa shape index (κ3) is 4.90. The van der Waals surface area contributed by atoms with Crippen LogP contribution in [-0.4, -0.2) is 30.1 Å². The summed E-state index contributed by atoms with van der Waals surface area (Å²) in [6.45, 7) is 4.09. The smallest absolute Gasteiger partial charge is 0.227 e. The number of rotatable bonds is 8. The fraction of sp³-hybridized carbons (Fsp3) is 0.364. The van der Waals surface area contributed by atoms with Crippen molar-refractivity contribution in [2.45, 2.75) is 32.7 Å². The second-order valence-electron chi connectivity index (χ2n) is 7.69. The highest BCUT2D eigenvalue weighted by Gasteiger charge is 2.22. The van der Waals surface area contributed by atoms with Crippen LogP contribution in [0, 0.1) is 11.7 Å². The van der Waals surface area contributed by atoms with E-state index in [0.717, 1.165) is 23.2 Å². The van der Waals surface area contributed by atoms with Gasteiger partial charge in [-0.2, -0.15) is 0 Å². The average molecular weight is 430 g/mol. The number of oxazole rings is 1. The Hall–Kier alpha value is -2.66. The van der Waals surface area contributed by atoms with Gasteiger partial charge in [0, 0.05) is 29.9 Å². The molecule has 0 radical (unpaired) electrons. The van der Waals surface area contributed by atoms with Gasteiger partial charge in [-0.3, -0.25) is 4.79 Å². The maximum atomic E-state index is 14.4. The van der Waals surface area contributed by atoms with Gasteiger partial charge in [-0.15, -0.1) is 9.24 Å². The van der Waals surface area contributed by atoms with E-state index >= 15 is 0 Å². The molecule has 1 saturated carbocycles. The highest BCUT2D eigenvalue weighted by molar-refractivity contribution is 7.27. The molecule has 1 heterocycles. The van der Waals surface area contributed by atoms with Gasteiger partial charge in [-0.1, -0.05) is 0 Å². The van der Waals surface area contributed by atoms with Crippen molar-refractivity contribution in [3.8, 4) is 23.0 Å². The van der Waals surface area contributed by atoms with Crippen LogP contribution in [0.3, 0.4) is 0 Å². The number of carbonyl (C=O) groups is 1. The summed E-state index contributed by atoms with van der Waals surface area (Å²) in [5.41, 5.74) is 1.61. The van der Waals surface area contributed by atoms with Crippen molar-refractivity contribution in [3.05, 3.63) is 36.1 Å². The predicted octanol–water partition coefficient (Wildman–Crippen LogP) is 3.83. The number of ether oxygens (including phenoxy) is 2. The number of hydrogen-bond donors (Lipinski definition) is 1. The SMILES string of the molecule is CC(=O)N[C@@H](C)COc1cc2oc(-c3ccc(OCC4CC4)c(P)c3)nc2cc1F. The van der Waals surface area contributed by atoms with Gasteiger partial charge in [0.2, 0.25) is 11.8 Å². The molecule has 0 bridgehead atoms. The normalized spacial score (nSPS) is 14.5. The summed E-state index contributed by atoms with van der Waals surface area (Å²) >= 11 is 0.